The molecule has 4 nitrogen and oxygen atoms in total. The normalized spacial score (nSPS) is 11.1. The lowest BCUT2D eigenvalue weighted by Crippen LogP contribution is -2.24. The van der Waals surface area contributed by atoms with Crippen LogP contribution in [0.15, 0.2) is 18.2 Å². The Labute approximate surface area is 117 Å². The van der Waals surface area contributed by atoms with Crippen LogP contribution < -0.4 is 4.74 Å². The summed E-state index contributed by atoms with van der Waals surface area (Å²) in [6.07, 6.45) is 0.0767. The van der Waals surface area contributed by atoms with E-state index in [2.05, 4.69) is 0 Å². The van der Waals surface area contributed by atoms with Gasteiger partial charge in [0, 0.05) is 6.07 Å². The van der Waals surface area contributed by atoms with Crippen LogP contribution in [-0.4, -0.2) is 24.0 Å². The maximum Gasteiger partial charge on any atom is 0.309 e. The fraction of sp³-hybridized carbons (Fsp3) is 0.467. The smallest absolute Gasteiger partial charge is 0.309 e. The second kappa shape index (κ2) is 6.50. The minimum Gasteiger partial charge on any atom is -0.493 e. The maximum atomic E-state index is 13.5. The zero-order valence-corrected chi connectivity index (χ0v) is 12.2. The van der Waals surface area contributed by atoms with Gasteiger partial charge in [0.05, 0.1) is 18.6 Å². The van der Waals surface area contributed by atoms with E-state index in [1.165, 1.54) is 19.1 Å². The molecule has 1 aromatic carbocycles. The Bertz CT molecular complexity index is 503. The fourth-order valence-electron chi connectivity index (χ4n) is 1.52. The number of Topliss-reactive ketones (excluding diaryl/α,β-unsaturated/α-hetero) is 1. The second-order valence-corrected chi connectivity index (χ2v) is 5.38. The van der Waals surface area contributed by atoms with Gasteiger partial charge in [-0.15, -0.1) is 0 Å². The van der Waals surface area contributed by atoms with Gasteiger partial charge in [-0.25, -0.2) is 4.39 Å². The van der Waals surface area contributed by atoms with Crippen molar-refractivity contribution in [2.75, 3.05) is 6.61 Å². The average molecular weight is 282 g/mol. The molecule has 0 bridgehead atoms. The van der Waals surface area contributed by atoms with Crippen LogP contribution in [0, 0.1) is 5.82 Å². The molecule has 0 N–H and O–H groups in total. The van der Waals surface area contributed by atoms with Gasteiger partial charge in [-0.3, -0.25) is 9.59 Å². The number of carbonyl (C=O) groups excluding carboxylic acids is 2. The van der Waals surface area contributed by atoms with Crippen LogP contribution >= 0.6 is 0 Å². The van der Waals surface area contributed by atoms with Crippen molar-refractivity contribution < 1.29 is 23.5 Å². The Morgan fingerprint density at radius 3 is 2.40 bits per heavy atom. The highest BCUT2D eigenvalue weighted by molar-refractivity contribution is 5.94. The van der Waals surface area contributed by atoms with E-state index in [0.717, 1.165) is 6.07 Å². The number of hydrogen-bond donors (Lipinski definition) is 0. The van der Waals surface area contributed by atoms with Crippen molar-refractivity contribution in [1.82, 2.24) is 0 Å². The monoisotopic (exact) mass is 282 g/mol. The van der Waals surface area contributed by atoms with E-state index in [1.807, 2.05) is 0 Å². The average Bonchev–Trinajstić information content (AvgIpc) is 2.25. The number of carbonyl (C=O) groups is 2. The van der Waals surface area contributed by atoms with Gasteiger partial charge in [0.1, 0.15) is 17.2 Å². The topological polar surface area (TPSA) is 52.6 Å². The van der Waals surface area contributed by atoms with Crippen LogP contribution in [0.4, 0.5) is 4.39 Å². The molecule has 20 heavy (non-hydrogen) atoms. The van der Waals surface area contributed by atoms with Gasteiger partial charge in [-0.05, 0) is 39.8 Å². The van der Waals surface area contributed by atoms with Gasteiger partial charge in [0.15, 0.2) is 5.78 Å². The molecule has 0 radical (unpaired) electrons. The van der Waals surface area contributed by atoms with Crippen molar-refractivity contribution in [3.63, 3.8) is 0 Å². The number of rotatable bonds is 5. The SMILES string of the molecule is CC(=O)c1ccc(OCCC(=O)OC(C)(C)C)cc1F. The summed E-state index contributed by atoms with van der Waals surface area (Å²) in [6, 6.07) is 3.99. The van der Waals surface area contributed by atoms with Crippen LogP contribution in [0.25, 0.3) is 0 Å². The molecule has 1 aromatic rings. The van der Waals surface area contributed by atoms with Gasteiger partial charge in [-0.1, -0.05) is 0 Å². The van der Waals surface area contributed by atoms with Gasteiger partial charge < -0.3 is 9.47 Å². The molecule has 0 saturated heterocycles. The first-order chi connectivity index (χ1) is 9.19. The van der Waals surface area contributed by atoms with Gasteiger partial charge >= 0.3 is 5.97 Å². The first kappa shape index (κ1) is 16.1. The third-order valence-electron chi connectivity index (χ3n) is 2.31. The molecule has 0 amide bonds. The molecule has 0 spiro atoms. The standard InChI is InChI=1S/C15H19FO4/c1-10(17)12-6-5-11(9-13(12)16)19-8-7-14(18)20-15(2,3)4/h5-6,9H,7-8H2,1-4H3. The first-order valence-corrected chi connectivity index (χ1v) is 6.34. The Kier molecular flexibility index (Phi) is 5.25. The van der Waals surface area contributed by atoms with Gasteiger partial charge in [0.25, 0.3) is 0 Å². The summed E-state index contributed by atoms with van der Waals surface area (Å²) in [5.74, 6) is -1.08. The molecule has 0 saturated carbocycles. The Hall–Kier alpha value is -1.91. The summed E-state index contributed by atoms with van der Waals surface area (Å²) in [4.78, 5) is 22.5. The molecular weight excluding hydrogens is 263 g/mol. The zero-order chi connectivity index (χ0) is 15.3. The molecule has 0 unspecified atom stereocenters. The van der Waals surface area contributed by atoms with E-state index < -0.39 is 11.4 Å². The molecule has 1 rings (SSSR count). The van der Waals surface area contributed by atoms with Crippen molar-refractivity contribution >= 4 is 11.8 Å². The van der Waals surface area contributed by atoms with Gasteiger partial charge in [0.2, 0.25) is 0 Å². The summed E-state index contributed by atoms with van der Waals surface area (Å²) < 4.78 is 23.9. The predicted octanol–water partition coefficient (Wildman–Crippen LogP) is 3.14. The number of hydrogen-bond acceptors (Lipinski definition) is 4. The molecule has 0 aliphatic heterocycles. The van der Waals surface area contributed by atoms with Crippen molar-refractivity contribution in [3.05, 3.63) is 29.6 Å². The third-order valence-corrected chi connectivity index (χ3v) is 2.31. The highest BCUT2D eigenvalue weighted by Gasteiger charge is 2.16. The van der Waals surface area contributed by atoms with E-state index in [9.17, 15) is 14.0 Å². The number of benzene rings is 1. The van der Waals surface area contributed by atoms with E-state index >= 15 is 0 Å². The van der Waals surface area contributed by atoms with E-state index in [1.54, 1.807) is 20.8 Å². The molecule has 0 aliphatic carbocycles. The molecule has 0 heterocycles. The lowest BCUT2D eigenvalue weighted by Gasteiger charge is -2.19. The molecule has 0 fully saturated rings. The fourth-order valence-corrected chi connectivity index (χ4v) is 1.52. The Balaban J connectivity index is 2.49. The largest absolute Gasteiger partial charge is 0.493 e. The summed E-state index contributed by atoms with van der Waals surface area (Å²) in [6.45, 7) is 6.72. The quantitative estimate of drug-likeness (QED) is 0.615. The van der Waals surface area contributed by atoms with E-state index in [0.29, 0.717) is 0 Å². The minimum atomic E-state index is -0.632. The highest BCUT2D eigenvalue weighted by atomic mass is 19.1. The second-order valence-electron chi connectivity index (χ2n) is 5.38. The van der Waals surface area contributed by atoms with Crippen LogP contribution in [0.3, 0.4) is 0 Å². The molecule has 0 atom stereocenters. The van der Waals surface area contributed by atoms with Crippen molar-refractivity contribution in [2.45, 2.75) is 39.7 Å². The molecule has 5 heteroatoms. The molecule has 0 aromatic heterocycles. The van der Waals surface area contributed by atoms with Crippen LogP contribution in [-0.2, 0) is 9.53 Å². The van der Waals surface area contributed by atoms with Crippen molar-refractivity contribution in [3.8, 4) is 5.75 Å². The van der Waals surface area contributed by atoms with Crippen LogP contribution in [0.5, 0.6) is 5.75 Å². The number of halogens is 1. The van der Waals surface area contributed by atoms with Crippen LogP contribution in [0.2, 0.25) is 0 Å². The third kappa shape index (κ3) is 5.38. The molecule has 0 aliphatic rings. The zero-order valence-electron chi connectivity index (χ0n) is 12.2. The van der Waals surface area contributed by atoms with E-state index in [-0.39, 0.29) is 36.1 Å². The lowest BCUT2D eigenvalue weighted by molar-refractivity contribution is -0.155. The number of esters is 1. The predicted molar refractivity (Wildman–Crippen MR) is 72.4 cm³/mol. The summed E-state index contributed by atoms with van der Waals surface area (Å²) in [5, 5.41) is 0. The summed E-state index contributed by atoms with van der Waals surface area (Å²) >= 11 is 0. The maximum absolute atomic E-state index is 13.5. The highest BCUT2D eigenvalue weighted by Crippen LogP contribution is 2.17. The van der Waals surface area contributed by atoms with Crippen molar-refractivity contribution in [2.24, 2.45) is 0 Å². The van der Waals surface area contributed by atoms with Crippen LogP contribution in [0.1, 0.15) is 44.5 Å². The Morgan fingerprint density at radius 1 is 1.25 bits per heavy atom. The minimum absolute atomic E-state index is 0.0180. The Morgan fingerprint density at radius 2 is 1.90 bits per heavy atom. The number of ketones is 1. The van der Waals surface area contributed by atoms with E-state index in [4.69, 9.17) is 9.47 Å². The van der Waals surface area contributed by atoms with Gasteiger partial charge in [-0.2, -0.15) is 0 Å². The molecular formula is C15H19FO4. The summed E-state index contributed by atoms with van der Waals surface area (Å²) in [7, 11) is 0. The first-order valence-electron chi connectivity index (χ1n) is 6.34. The molecule has 110 valence electrons. The summed E-state index contributed by atoms with van der Waals surface area (Å²) in [5.41, 5.74) is -0.517. The van der Waals surface area contributed by atoms with Crippen molar-refractivity contribution in [1.29, 1.82) is 0 Å². The number of ether oxygens (including phenoxy) is 2. The lowest BCUT2D eigenvalue weighted by atomic mass is 10.1.